The van der Waals surface area contributed by atoms with Crippen molar-refractivity contribution >= 4 is 22.6 Å². The highest BCUT2D eigenvalue weighted by molar-refractivity contribution is 5.96. The molecule has 0 aliphatic rings. The molecule has 0 radical (unpaired) electrons. The number of nitrogens with one attached hydrogen (secondary N) is 1. The predicted molar refractivity (Wildman–Crippen MR) is 130 cm³/mol. The number of anilines is 1. The number of aromatic nitrogens is 7. The summed E-state index contributed by atoms with van der Waals surface area (Å²) < 4.78 is 18.7. The maximum Gasteiger partial charge on any atom is 0.246 e. The largest absolute Gasteiger partial charge is 0.322 e. The Morgan fingerprint density at radius 2 is 1.86 bits per heavy atom. The van der Waals surface area contributed by atoms with Gasteiger partial charge >= 0.3 is 0 Å². The lowest BCUT2D eigenvalue weighted by molar-refractivity contribution is -0.116. The van der Waals surface area contributed by atoms with Crippen LogP contribution in [0.15, 0.2) is 55.1 Å². The average Bonchev–Trinajstić information content (AvgIpc) is 3.53. The fourth-order valence-corrected chi connectivity index (χ4v) is 4.25. The molecule has 5 rings (SSSR count). The second-order valence-electron chi connectivity index (χ2n) is 8.35. The Kier molecular flexibility index (Phi) is 5.86. The fraction of sp³-hybridized carbons (Fsp3) is 0.240. The number of halogens is 1. The number of nitrogens with zero attached hydrogens (tertiary/aromatic N) is 7. The van der Waals surface area contributed by atoms with E-state index in [0.717, 1.165) is 40.0 Å². The van der Waals surface area contributed by atoms with Gasteiger partial charge in [0.15, 0.2) is 5.65 Å². The Balaban J connectivity index is 1.32. The van der Waals surface area contributed by atoms with Crippen LogP contribution < -0.4 is 5.32 Å². The van der Waals surface area contributed by atoms with Crippen LogP contribution in [0.3, 0.4) is 0 Å². The van der Waals surface area contributed by atoms with E-state index in [1.807, 2.05) is 30.8 Å². The Morgan fingerprint density at radius 3 is 2.60 bits per heavy atom. The summed E-state index contributed by atoms with van der Waals surface area (Å²) in [5.41, 5.74) is 5.87. The third-order valence-corrected chi connectivity index (χ3v) is 6.01. The normalized spacial score (nSPS) is 11.3. The first-order valence-electron chi connectivity index (χ1n) is 11.3. The van der Waals surface area contributed by atoms with Gasteiger partial charge in [0.2, 0.25) is 5.91 Å². The molecule has 4 heterocycles. The number of rotatable bonds is 7. The second-order valence-corrected chi connectivity index (χ2v) is 8.35. The summed E-state index contributed by atoms with van der Waals surface area (Å²) in [5, 5.41) is 17.0. The number of carbonyl (C=O) groups excluding carboxylic acids is 1. The first-order chi connectivity index (χ1) is 16.9. The molecule has 0 aliphatic carbocycles. The summed E-state index contributed by atoms with van der Waals surface area (Å²) in [6.45, 7) is 7.34. The molecule has 1 amide bonds. The zero-order chi connectivity index (χ0) is 24.5. The molecule has 0 unspecified atom stereocenters. The molecule has 0 atom stereocenters. The molecule has 0 fully saturated rings. The molecule has 1 aromatic carbocycles. The summed E-state index contributed by atoms with van der Waals surface area (Å²) in [6.07, 6.45) is 6.92. The molecule has 0 saturated carbocycles. The summed E-state index contributed by atoms with van der Waals surface area (Å²) in [5.74, 6) is -0.532. The Morgan fingerprint density at radius 1 is 1.06 bits per heavy atom. The van der Waals surface area contributed by atoms with Crippen molar-refractivity contribution in [3.8, 4) is 11.1 Å². The van der Waals surface area contributed by atoms with Crippen molar-refractivity contribution in [1.29, 1.82) is 0 Å². The molecule has 178 valence electrons. The maximum absolute atomic E-state index is 13.4. The number of aryl methyl sites for hydroxylation is 2. The summed E-state index contributed by atoms with van der Waals surface area (Å²) in [4.78, 5) is 17.3. The molecule has 35 heavy (non-hydrogen) atoms. The van der Waals surface area contributed by atoms with E-state index in [1.165, 1.54) is 12.1 Å². The maximum atomic E-state index is 13.4. The highest BCUT2D eigenvalue weighted by Gasteiger charge is 2.16. The minimum atomic E-state index is -0.294. The van der Waals surface area contributed by atoms with Gasteiger partial charge in [-0.1, -0.05) is 12.1 Å². The molecule has 0 bridgehead atoms. The zero-order valence-electron chi connectivity index (χ0n) is 19.7. The van der Waals surface area contributed by atoms with Gasteiger partial charge < -0.3 is 5.32 Å². The van der Waals surface area contributed by atoms with Gasteiger partial charge in [0.25, 0.3) is 0 Å². The number of benzene rings is 1. The van der Waals surface area contributed by atoms with E-state index in [0.29, 0.717) is 17.9 Å². The quantitative estimate of drug-likeness (QED) is 0.387. The van der Waals surface area contributed by atoms with E-state index >= 15 is 0 Å². The standard InChI is InChI=1S/C25H25FN8O/c1-4-33-17(3)19(11-29-33)13-32-14-21(12-28-32)30-23(35)15-34-25-24(16(2)31-34)22(9-10-27-25)18-5-7-20(26)8-6-18/h5-12,14H,4,13,15H2,1-3H3,(H,30,35). The Hall–Kier alpha value is -4.34. The Labute approximate surface area is 201 Å². The highest BCUT2D eigenvalue weighted by atomic mass is 19.1. The topological polar surface area (TPSA) is 95.5 Å². The molecular formula is C25H25FN8O. The van der Waals surface area contributed by atoms with Crippen LogP contribution >= 0.6 is 0 Å². The van der Waals surface area contributed by atoms with Crippen molar-refractivity contribution < 1.29 is 9.18 Å². The number of hydrogen-bond donors (Lipinski definition) is 1. The number of amides is 1. The highest BCUT2D eigenvalue weighted by Crippen LogP contribution is 2.30. The number of fused-ring (bicyclic) bond motifs is 1. The molecule has 9 nitrogen and oxygen atoms in total. The van der Waals surface area contributed by atoms with E-state index in [2.05, 4.69) is 32.5 Å². The molecular weight excluding hydrogens is 447 g/mol. The van der Waals surface area contributed by atoms with E-state index in [4.69, 9.17) is 0 Å². The van der Waals surface area contributed by atoms with Crippen molar-refractivity contribution in [2.75, 3.05) is 5.32 Å². The monoisotopic (exact) mass is 472 g/mol. The van der Waals surface area contributed by atoms with Crippen molar-refractivity contribution in [2.24, 2.45) is 0 Å². The zero-order valence-corrected chi connectivity index (χ0v) is 19.7. The third-order valence-electron chi connectivity index (χ3n) is 6.01. The van der Waals surface area contributed by atoms with Gasteiger partial charge in [0, 0.05) is 35.6 Å². The third kappa shape index (κ3) is 4.42. The van der Waals surface area contributed by atoms with Crippen LogP contribution in [0.5, 0.6) is 0 Å². The lowest BCUT2D eigenvalue weighted by atomic mass is 10.0. The van der Waals surface area contributed by atoms with Gasteiger partial charge in [-0.25, -0.2) is 14.1 Å². The van der Waals surface area contributed by atoms with Crippen molar-refractivity contribution in [3.05, 3.63) is 77.9 Å². The van der Waals surface area contributed by atoms with Crippen LogP contribution in [-0.4, -0.2) is 40.2 Å². The summed E-state index contributed by atoms with van der Waals surface area (Å²) >= 11 is 0. The van der Waals surface area contributed by atoms with Gasteiger partial charge in [0.05, 0.1) is 30.3 Å². The Bertz CT molecular complexity index is 1510. The predicted octanol–water partition coefficient (Wildman–Crippen LogP) is 3.95. The van der Waals surface area contributed by atoms with Crippen LogP contribution in [0.2, 0.25) is 0 Å². The van der Waals surface area contributed by atoms with Gasteiger partial charge in [-0.05, 0) is 50.1 Å². The first kappa shape index (κ1) is 22.5. The van der Waals surface area contributed by atoms with Crippen LogP contribution in [-0.2, 0) is 24.4 Å². The van der Waals surface area contributed by atoms with Gasteiger partial charge in [-0.15, -0.1) is 0 Å². The molecule has 10 heteroatoms. The smallest absolute Gasteiger partial charge is 0.246 e. The number of hydrogen-bond acceptors (Lipinski definition) is 5. The van der Waals surface area contributed by atoms with Gasteiger partial charge in [-0.2, -0.15) is 15.3 Å². The van der Waals surface area contributed by atoms with Crippen LogP contribution in [0.1, 0.15) is 23.9 Å². The van der Waals surface area contributed by atoms with E-state index in [9.17, 15) is 9.18 Å². The van der Waals surface area contributed by atoms with Crippen LogP contribution in [0, 0.1) is 19.7 Å². The van der Waals surface area contributed by atoms with E-state index in [-0.39, 0.29) is 18.3 Å². The molecule has 4 aromatic heterocycles. The molecule has 0 saturated heterocycles. The minimum absolute atomic E-state index is 0.00221. The van der Waals surface area contributed by atoms with Crippen molar-refractivity contribution in [3.63, 3.8) is 0 Å². The fourth-order valence-electron chi connectivity index (χ4n) is 4.25. The molecule has 0 spiro atoms. The number of carbonyl (C=O) groups is 1. The van der Waals surface area contributed by atoms with Crippen molar-refractivity contribution in [2.45, 2.75) is 40.4 Å². The minimum Gasteiger partial charge on any atom is -0.322 e. The summed E-state index contributed by atoms with van der Waals surface area (Å²) in [7, 11) is 0. The van der Waals surface area contributed by atoms with E-state index < -0.39 is 0 Å². The van der Waals surface area contributed by atoms with Crippen LogP contribution in [0.25, 0.3) is 22.2 Å². The molecule has 0 aliphatic heterocycles. The SMILES string of the molecule is CCn1ncc(Cn2cc(NC(=O)Cn3nc(C)c4c(-c5ccc(F)cc5)ccnc43)cn2)c1C. The molecule has 5 aromatic rings. The average molecular weight is 473 g/mol. The van der Waals surface area contributed by atoms with Crippen molar-refractivity contribution in [1.82, 2.24) is 34.3 Å². The van der Waals surface area contributed by atoms with E-state index in [1.54, 1.807) is 40.1 Å². The lowest BCUT2D eigenvalue weighted by Gasteiger charge is -2.06. The van der Waals surface area contributed by atoms with Crippen LogP contribution in [0.4, 0.5) is 10.1 Å². The van der Waals surface area contributed by atoms with Gasteiger partial charge in [-0.3, -0.25) is 14.2 Å². The first-order valence-corrected chi connectivity index (χ1v) is 11.3. The molecule has 1 N–H and O–H groups in total. The lowest BCUT2D eigenvalue weighted by Crippen LogP contribution is -2.19. The van der Waals surface area contributed by atoms with Gasteiger partial charge in [0.1, 0.15) is 12.4 Å². The second kappa shape index (κ2) is 9.13. The summed E-state index contributed by atoms with van der Waals surface area (Å²) in [6, 6.07) is 8.16. The number of pyridine rings is 1.